The number of rotatable bonds is 5. The number of fused-ring (bicyclic) bond motifs is 1. The van der Waals surface area contributed by atoms with Gasteiger partial charge >= 0.3 is 5.97 Å². The molecule has 3 nitrogen and oxygen atoms in total. The molecule has 1 heterocycles. The summed E-state index contributed by atoms with van der Waals surface area (Å²) in [6.45, 7) is 0. The molecule has 0 N–H and O–H groups in total. The molecule has 150 valence electrons. The summed E-state index contributed by atoms with van der Waals surface area (Å²) in [7, 11) is 0. The highest BCUT2D eigenvalue weighted by molar-refractivity contribution is 5.95. The molecular weight excluding hydrogens is 384 g/mol. The van der Waals surface area contributed by atoms with Gasteiger partial charge in [-0.05, 0) is 41.0 Å². The monoisotopic (exact) mass is 404 g/mol. The lowest BCUT2D eigenvalue weighted by atomic mass is 10.0. The zero-order valence-electron chi connectivity index (χ0n) is 16.8. The molecule has 4 aromatic carbocycles. The fourth-order valence-electron chi connectivity index (χ4n) is 3.66. The fourth-order valence-corrected chi connectivity index (χ4v) is 3.66. The van der Waals surface area contributed by atoms with E-state index in [0.717, 1.165) is 22.1 Å². The number of ether oxygens (including phenoxy) is 1. The minimum absolute atomic E-state index is 0.402. The molecule has 3 heteroatoms. The largest absolute Gasteiger partial charge is 0.457 e. The van der Waals surface area contributed by atoms with Gasteiger partial charge in [0.2, 0.25) is 0 Å². The molecule has 5 aromatic rings. The number of para-hydroxylation sites is 1. The van der Waals surface area contributed by atoms with Gasteiger partial charge in [-0.1, -0.05) is 84.9 Å². The fraction of sp³-hybridized carbons (Fsp3) is 0.0357. The Morgan fingerprint density at radius 3 is 2.03 bits per heavy atom. The minimum atomic E-state index is -0.402. The maximum Gasteiger partial charge on any atom is 0.343 e. The summed E-state index contributed by atoms with van der Waals surface area (Å²) in [4.78, 5) is 12.9. The van der Waals surface area contributed by atoms with E-state index >= 15 is 0 Å². The third kappa shape index (κ3) is 3.99. The van der Waals surface area contributed by atoms with Crippen LogP contribution in [0.1, 0.15) is 21.7 Å². The molecule has 0 atom stereocenters. The Hall–Kier alpha value is -4.11. The summed E-state index contributed by atoms with van der Waals surface area (Å²) in [5.74, 6) is 0.721. The Morgan fingerprint density at radius 2 is 1.29 bits per heavy atom. The van der Waals surface area contributed by atoms with Crippen LogP contribution in [0.4, 0.5) is 0 Å². The third-order valence-electron chi connectivity index (χ3n) is 5.25. The smallest absolute Gasteiger partial charge is 0.343 e. The van der Waals surface area contributed by atoms with Crippen LogP contribution in [0.3, 0.4) is 0 Å². The molecule has 0 bridgehead atoms. The topological polar surface area (TPSA) is 39.4 Å². The molecule has 0 radical (unpaired) electrons. The molecule has 5 rings (SSSR count). The van der Waals surface area contributed by atoms with Crippen LogP contribution in [-0.2, 0) is 6.42 Å². The maximum atomic E-state index is 12.9. The lowest BCUT2D eigenvalue weighted by molar-refractivity contribution is 0.0733. The molecule has 0 aliphatic carbocycles. The van der Waals surface area contributed by atoms with Crippen LogP contribution in [0.15, 0.2) is 114 Å². The Bertz CT molecular complexity index is 1320. The van der Waals surface area contributed by atoms with Gasteiger partial charge in [-0.3, -0.25) is 0 Å². The summed E-state index contributed by atoms with van der Waals surface area (Å²) in [6, 6.07) is 35.1. The van der Waals surface area contributed by atoms with E-state index < -0.39 is 5.97 Å². The number of hydrogen-bond donors (Lipinski definition) is 0. The summed E-state index contributed by atoms with van der Waals surface area (Å²) < 4.78 is 11.9. The standard InChI is InChI=1S/C28H20O3/c29-28(23-17-15-22(16-18-23)21-11-5-2-6-12-21)31-27-24-13-7-8-14-25(24)30-26(27)19-20-9-3-1-4-10-20/h1-18H,19H2. The molecule has 0 aliphatic heterocycles. The van der Waals surface area contributed by atoms with Gasteiger partial charge < -0.3 is 9.15 Å². The van der Waals surface area contributed by atoms with E-state index in [1.165, 1.54) is 0 Å². The second-order valence-corrected chi connectivity index (χ2v) is 7.35. The van der Waals surface area contributed by atoms with Crippen LogP contribution in [-0.4, -0.2) is 5.97 Å². The maximum absolute atomic E-state index is 12.9. The van der Waals surface area contributed by atoms with E-state index in [9.17, 15) is 4.79 Å². The van der Waals surface area contributed by atoms with Gasteiger partial charge in [0.15, 0.2) is 11.5 Å². The van der Waals surface area contributed by atoms with E-state index in [0.29, 0.717) is 29.1 Å². The van der Waals surface area contributed by atoms with Crippen LogP contribution in [0, 0.1) is 0 Å². The normalized spacial score (nSPS) is 10.8. The number of furan rings is 1. The second kappa shape index (κ2) is 8.33. The van der Waals surface area contributed by atoms with Crippen LogP contribution in [0.25, 0.3) is 22.1 Å². The number of carbonyl (C=O) groups excluding carboxylic acids is 1. The molecule has 0 saturated carbocycles. The van der Waals surface area contributed by atoms with Crippen molar-refractivity contribution in [3.8, 4) is 16.9 Å². The number of hydrogen-bond acceptors (Lipinski definition) is 3. The van der Waals surface area contributed by atoms with Crippen molar-refractivity contribution in [1.29, 1.82) is 0 Å². The molecule has 31 heavy (non-hydrogen) atoms. The van der Waals surface area contributed by atoms with E-state index in [-0.39, 0.29) is 0 Å². The predicted molar refractivity (Wildman–Crippen MR) is 122 cm³/mol. The lowest BCUT2D eigenvalue weighted by Crippen LogP contribution is -2.09. The Labute approximate surface area is 180 Å². The van der Waals surface area contributed by atoms with Crippen molar-refractivity contribution in [2.75, 3.05) is 0 Å². The molecule has 0 unspecified atom stereocenters. The second-order valence-electron chi connectivity index (χ2n) is 7.35. The van der Waals surface area contributed by atoms with E-state index in [1.807, 2.05) is 97.1 Å². The van der Waals surface area contributed by atoms with Gasteiger partial charge in [0, 0.05) is 6.42 Å². The Morgan fingerprint density at radius 1 is 0.677 bits per heavy atom. The molecule has 0 amide bonds. The molecule has 1 aromatic heterocycles. The van der Waals surface area contributed by atoms with Gasteiger partial charge in [0.1, 0.15) is 5.58 Å². The molecule has 0 saturated heterocycles. The highest BCUT2D eigenvalue weighted by atomic mass is 16.5. The van der Waals surface area contributed by atoms with Crippen molar-refractivity contribution >= 4 is 16.9 Å². The van der Waals surface area contributed by atoms with Gasteiger partial charge in [0.25, 0.3) is 0 Å². The van der Waals surface area contributed by atoms with Crippen molar-refractivity contribution in [2.24, 2.45) is 0 Å². The quantitative estimate of drug-likeness (QED) is 0.299. The average Bonchev–Trinajstić information content (AvgIpc) is 3.17. The van der Waals surface area contributed by atoms with Crippen molar-refractivity contribution in [3.63, 3.8) is 0 Å². The van der Waals surface area contributed by atoms with Gasteiger partial charge in [0.05, 0.1) is 10.9 Å². The predicted octanol–water partition coefficient (Wildman–Crippen LogP) is 6.91. The zero-order chi connectivity index (χ0) is 21.0. The first-order valence-corrected chi connectivity index (χ1v) is 10.2. The van der Waals surface area contributed by atoms with E-state index in [4.69, 9.17) is 9.15 Å². The average molecular weight is 404 g/mol. The third-order valence-corrected chi connectivity index (χ3v) is 5.25. The summed E-state index contributed by atoms with van der Waals surface area (Å²) in [6.07, 6.45) is 0.547. The Balaban J connectivity index is 1.44. The van der Waals surface area contributed by atoms with Crippen LogP contribution in [0.5, 0.6) is 5.75 Å². The summed E-state index contributed by atoms with van der Waals surface area (Å²) >= 11 is 0. The SMILES string of the molecule is O=C(Oc1c(Cc2ccccc2)oc2ccccc12)c1ccc(-c2ccccc2)cc1. The number of esters is 1. The van der Waals surface area contributed by atoms with Crippen LogP contribution >= 0.6 is 0 Å². The number of benzene rings is 4. The van der Waals surface area contributed by atoms with Gasteiger partial charge in [-0.25, -0.2) is 4.79 Å². The number of carbonyl (C=O) groups is 1. The highest BCUT2D eigenvalue weighted by Crippen LogP contribution is 2.35. The minimum Gasteiger partial charge on any atom is -0.457 e. The first kappa shape index (κ1) is 18.9. The van der Waals surface area contributed by atoms with Crippen molar-refractivity contribution in [3.05, 3.63) is 126 Å². The zero-order valence-corrected chi connectivity index (χ0v) is 16.8. The van der Waals surface area contributed by atoms with E-state index in [1.54, 1.807) is 12.1 Å². The molecule has 0 spiro atoms. The van der Waals surface area contributed by atoms with Crippen LogP contribution < -0.4 is 4.74 Å². The van der Waals surface area contributed by atoms with Crippen LogP contribution in [0.2, 0.25) is 0 Å². The molecular formula is C28H20O3. The first-order chi connectivity index (χ1) is 15.3. The summed E-state index contributed by atoms with van der Waals surface area (Å²) in [5, 5.41) is 0.794. The van der Waals surface area contributed by atoms with Gasteiger partial charge in [-0.15, -0.1) is 0 Å². The summed E-state index contributed by atoms with van der Waals surface area (Å²) in [5.41, 5.74) is 4.45. The first-order valence-electron chi connectivity index (χ1n) is 10.2. The molecule has 0 aliphatic rings. The Kier molecular flexibility index (Phi) is 5.07. The van der Waals surface area contributed by atoms with E-state index in [2.05, 4.69) is 0 Å². The van der Waals surface area contributed by atoms with Gasteiger partial charge in [-0.2, -0.15) is 0 Å². The van der Waals surface area contributed by atoms with Crippen molar-refractivity contribution < 1.29 is 13.9 Å². The molecule has 0 fully saturated rings. The highest BCUT2D eigenvalue weighted by Gasteiger charge is 2.20. The van der Waals surface area contributed by atoms with Crippen molar-refractivity contribution in [2.45, 2.75) is 6.42 Å². The van der Waals surface area contributed by atoms with Crippen molar-refractivity contribution in [1.82, 2.24) is 0 Å². The lowest BCUT2D eigenvalue weighted by Gasteiger charge is -2.07.